The summed E-state index contributed by atoms with van der Waals surface area (Å²) >= 11 is 0. The van der Waals surface area contributed by atoms with E-state index in [1.165, 1.54) is 6.42 Å². The van der Waals surface area contributed by atoms with E-state index < -0.39 is 39.1 Å². The van der Waals surface area contributed by atoms with Gasteiger partial charge in [0.1, 0.15) is 0 Å². The second kappa shape index (κ2) is 15.7. The zero-order valence-corrected chi connectivity index (χ0v) is 20.5. The summed E-state index contributed by atoms with van der Waals surface area (Å²) in [5.41, 5.74) is 0. The van der Waals surface area contributed by atoms with Crippen molar-refractivity contribution in [3.63, 3.8) is 0 Å². The standard InChI is InChI=1S/C19H36O7S.Na.H/c1-3-5-7-8-9-10-12-14-16(13-11-6-4-2)19(18(22)23,15-17(20)21)27(24,25)26;;/h16H,3-15H2,1-2H3,(H,20,21)(H,22,23)(H,24,25,26);;/q;+1;-1. The topological polar surface area (TPSA) is 129 Å². The van der Waals surface area contributed by atoms with Crippen LogP contribution in [0.1, 0.15) is 98.7 Å². The van der Waals surface area contributed by atoms with E-state index in [0.29, 0.717) is 12.8 Å². The molecule has 7 nitrogen and oxygen atoms in total. The molecule has 0 fully saturated rings. The molecule has 0 rings (SSSR count). The molecule has 0 aromatic heterocycles. The predicted octanol–water partition coefficient (Wildman–Crippen LogP) is 1.63. The van der Waals surface area contributed by atoms with E-state index in [-0.39, 0.29) is 43.8 Å². The zero-order chi connectivity index (χ0) is 20.9. The number of rotatable bonds is 17. The molecule has 28 heavy (non-hydrogen) atoms. The van der Waals surface area contributed by atoms with E-state index in [0.717, 1.165) is 44.9 Å². The Kier molecular flexibility index (Phi) is 16.8. The van der Waals surface area contributed by atoms with E-state index >= 15 is 0 Å². The maximum atomic E-state index is 12.0. The second-order valence-electron chi connectivity index (χ2n) is 7.34. The monoisotopic (exact) mass is 432 g/mol. The summed E-state index contributed by atoms with van der Waals surface area (Å²) < 4.78 is 31.1. The molecular weight excluding hydrogens is 395 g/mol. The Hall–Kier alpha value is -0.150. The summed E-state index contributed by atoms with van der Waals surface area (Å²) in [5.74, 6) is -4.25. The van der Waals surface area contributed by atoms with Crippen LogP contribution in [0, 0.1) is 5.92 Å². The minimum atomic E-state index is -5.09. The fourth-order valence-electron chi connectivity index (χ4n) is 3.63. The van der Waals surface area contributed by atoms with Crippen molar-refractivity contribution in [1.82, 2.24) is 0 Å². The molecule has 2 atom stereocenters. The minimum absolute atomic E-state index is 0. The van der Waals surface area contributed by atoms with Crippen molar-refractivity contribution in [3.8, 4) is 0 Å². The van der Waals surface area contributed by atoms with Crippen molar-refractivity contribution < 1.29 is 63.8 Å². The molecule has 162 valence electrons. The third-order valence-electron chi connectivity index (χ3n) is 5.21. The number of carbonyl (C=O) groups is 2. The van der Waals surface area contributed by atoms with E-state index in [2.05, 4.69) is 6.92 Å². The normalized spacial score (nSPS) is 14.7. The van der Waals surface area contributed by atoms with Crippen LogP contribution < -0.4 is 29.6 Å². The number of carboxylic acids is 2. The predicted molar refractivity (Wildman–Crippen MR) is 106 cm³/mol. The average Bonchev–Trinajstić information content (AvgIpc) is 2.56. The number of unbranched alkanes of at least 4 members (excludes halogenated alkanes) is 8. The number of aliphatic carboxylic acids is 2. The fourth-order valence-corrected chi connectivity index (χ4v) is 4.81. The second-order valence-corrected chi connectivity index (χ2v) is 9.02. The molecule has 0 bridgehead atoms. The van der Waals surface area contributed by atoms with Gasteiger partial charge in [-0.2, -0.15) is 8.42 Å². The van der Waals surface area contributed by atoms with Crippen molar-refractivity contribution in [1.29, 1.82) is 0 Å². The molecule has 2 unspecified atom stereocenters. The van der Waals surface area contributed by atoms with Gasteiger partial charge in [0.2, 0.25) is 4.75 Å². The van der Waals surface area contributed by atoms with Crippen molar-refractivity contribution in [2.24, 2.45) is 5.92 Å². The smallest absolute Gasteiger partial charge is 1.00 e. The number of hydrogen-bond donors (Lipinski definition) is 3. The summed E-state index contributed by atoms with van der Waals surface area (Å²) in [6.45, 7) is 4.10. The largest absolute Gasteiger partial charge is 1.00 e. The molecule has 0 radical (unpaired) electrons. The van der Waals surface area contributed by atoms with E-state index in [1.54, 1.807) is 0 Å². The van der Waals surface area contributed by atoms with Crippen LogP contribution in [0.5, 0.6) is 0 Å². The first-order valence-corrected chi connectivity index (χ1v) is 11.5. The first kappa shape index (κ1) is 30.0. The molecule has 3 N–H and O–H groups in total. The van der Waals surface area contributed by atoms with Gasteiger partial charge < -0.3 is 11.6 Å². The van der Waals surface area contributed by atoms with Gasteiger partial charge in [-0.05, 0) is 18.8 Å². The minimum Gasteiger partial charge on any atom is -1.00 e. The van der Waals surface area contributed by atoms with Gasteiger partial charge in [0.05, 0.1) is 6.42 Å². The molecular formula is C19H37NaO7S. The first-order valence-electron chi connectivity index (χ1n) is 10.1. The van der Waals surface area contributed by atoms with E-state index in [4.69, 9.17) is 5.11 Å². The van der Waals surface area contributed by atoms with Crippen molar-refractivity contribution in [3.05, 3.63) is 0 Å². The maximum Gasteiger partial charge on any atom is 1.00 e. The van der Waals surface area contributed by atoms with Crippen LogP contribution in [0.15, 0.2) is 0 Å². The van der Waals surface area contributed by atoms with Crippen LogP contribution in [0.25, 0.3) is 0 Å². The summed E-state index contributed by atoms with van der Waals surface area (Å²) in [6.07, 6.45) is 8.63. The van der Waals surface area contributed by atoms with Crippen molar-refractivity contribution in [2.45, 2.75) is 102 Å². The first-order chi connectivity index (χ1) is 12.6. The Morgan fingerprint density at radius 3 is 1.64 bits per heavy atom. The molecule has 0 aromatic rings. The zero-order valence-electron chi connectivity index (χ0n) is 18.7. The van der Waals surface area contributed by atoms with Gasteiger partial charge >= 0.3 is 41.5 Å². The van der Waals surface area contributed by atoms with Gasteiger partial charge in [0, 0.05) is 0 Å². The Balaban J connectivity index is -0.00000338. The molecule has 0 aliphatic heterocycles. The molecule has 0 saturated carbocycles. The number of carboxylic acid groups (broad SMARTS) is 2. The molecule has 9 heteroatoms. The summed E-state index contributed by atoms with van der Waals surface area (Å²) in [4.78, 5) is 23.1. The molecule has 0 aliphatic carbocycles. The molecule has 0 heterocycles. The quantitative estimate of drug-likeness (QED) is 0.181. The molecule has 0 saturated heterocycles. The summed E-state index contributed by atoms with van der Waals surface area (Å²) in [6, 6.07) is 0. The van der Waals surface area contributed by atoms with Crippen molar-refractivity contribution in [2.75, 3.05) is 0 Å². The third-order valence-corrected chi connectivity index (χ3v) is 6.78. The Bertz CT molecular complexity index is 557. The molecule has 0 aromatic carbocycles. The van der Waals surface area contributed by atoms with Gasteiger partial charge in [-0.25, -0.2) is 0 Å². The Morgan fingerprint density at radius 1 is 0.857 bits per heavy atom. The van der Waals surface area contributed by atoms with Crippen LogP contribution >= 0.6 is 0 Å². The van der Waals surface area contributed by atoms with Gasteiger partial charge in [-0.1, -0.05) is 78.1 Å². The van der Waals surface area contributed by atoms with E-state index in [1.807, 2.05) is 6.92 Å². The van der Waals surface area contributed by atoms with Crippen molar-refractivity contribution >= 4 is 22.1 Å². The third kappa shape index (κ3) is 10.1. The Morgan fingerprint density at radius 2 is 1.25 bits per heavy atom. The summed E-state index contributed by atoms with van der Waals surface area (Å²) in [7, 11) is -5.09. The van der Waals surface area contributed by atoms with Gasteiger partial charge in [-0.15, -0.1) is 0 Å². The van der Waals surface area contributed by atoms with Gasteiger partial charge in [-0.3, -0.25) is 14.1 Å². The average molecular weight is 433 g/mol. The number of hydrogen-bond acceptors (Lipinski definition) is 4. The van der Waals surface area contributed by atoms with Crippen LogP contribution in [0.2, 0.25) is 0 Å². The fraction of sp³-hybridized carbons (Fsp3) is 0.895. The van der Waals surface area contributed by atoms with Gasteiger partial charge in [0.25, 0.3) is 10.1 Å². The van der Waals surface area contributed by atoms with Crippen LogP contribution in [-0.4, -0.2) is 39.9 Å². The van der Waals surface area contributed by atoms with Crippen LogP contribution in [0.3, 0.4) is 0 Å². The summed E-state index contributed by atoms with van der Waals surface area (Å²) in [5, 5.41) is 18.8. The maximum absolute atomic E-state index is 12.0. The van der Waals surface area contributed by atoms with Crippen LogP contribution in [-0.2, 0) is 19.7 Å². The van der Waals surface area contributed by atoms with Gasteiger partial charge in [0.15, 0.2) is 0 Å². The molecule has 0 aliphatic rings. The Labute approximate surface area is 193 Å². The molecule has 0 spiro atoms. The molecule has 0 amide bonds. The van der Waals surface area contributed by atoms with E-state index in [9.17, 15) is 27.7 Å². The van der Waals surface area contributed by atoms with Crippen LogP contribution in [0.4, 0.5) is 0 Å². The SMILES string of the molecule is CCCCCCCCCC(CCCCC)C(CC(=O)O)(C(=O)O)S(=O)(=O)O.[H-].[Na+].